The maximum absolute atomic E-state index is 12.2. The molecule has 0 heterocycles. The van der Waals surface area contributed by atoms with E-state index >= 15 is 0 Å². The molecule has 0 fully saturated rings. The molecule has 0 radical (unpaired) electrons. The lowest BCUT2D eigenvalue weighted by Crippen LogP contribution is -2.47. The van der Waals surface area contributed by atoms with E-state index in [2.05, 4.69) is 34.3 Å². The van der Waals surface area contributed by atoms with Gasteiger partial charge in [0, 0.05) is 11.7 Å². The van der Waals surface area contributed by atoms with Gasteiger partial charge >= 0.3 is 5.30 Å². The maximum atomic E-state index is 12.2. The van der Waals surface area contributed by atoms with Crippen molar-refractivity contribution < 1.29 is 23.7 Å². The molecule has 0 aromatic carbocycles. The number of ether oxygens (including phenoxy) is 4. The van der Waals surface area contributed by atoms with Crippen molar-refractivity contribution in [3.8, 4) is 0 Å². The molecule has 0 aliphatic rings. The Morgan fingerprint density at radius 1 is 0.410 bits per heavy atom. The monoisotopic (exact) mass is 881 g/mol. The van der Waals surface area contributed by atoms with E-state index in [1.807, 2.05) is 0 Å². The average Bonchev–Trinajstić information content (AvgIpc) is 3.26. The first-order chi connectivity index (χ1) is 30.1. The number of rotatable bonds is 52. The van der Waals surface area contributed by atoms with E-state index in [1.165, 1.54) is 243 Å². The Hall–Kier alpha value is -0.560. The summed E-state index contributed by atoms with van der Waals surface area (Å²) in [5.74, 6) is -0.181. The molecule has 1 unspecified atom stereocenters. The van der Waals surface area contributed by atoms with E-state index < -0.39 is 5.97 Å². The summed E-state index contributed by atoms with van der Waals surface area (Å²) in [5.41, 5.74) is 0. The third kappa shape index (κ3) is 41.9. The van der Waals surface area contributed by atoms with Crippen molar-refractivity contribution in [2.75, 3.05) is 25.6 Å². The van der Waals surface area contributed by atoms with Crippen LogP contribution in [0.4, 0.5) is 4.79 Å². The summed E-state index contributed by atoms with van der Waals surface area (Å²) >= 11 is 1.25. The van der Waals surface area contributed by atoms with Gasteiger partial charge in [0.15, 0.2) is 0 Å². The minimum Gasteiger partial charge on any atom is -0.427 e. The van der Waals surface area contributed by atoms with E-state index in [0.717, 1.165) is 44.9 Å². The molecule has 0 aliphatic heterocycles. The van der Waals surface area contributed by atoms with Gasteiger partial charge < -0.3 is 18.9 Å². The molecule has 0 saturated heterocycles. The molecule has 0 saturated carbocycles. The zero-order chi connectivity index (χ0) is 44.4. The van der Waals surface area contributed by atoms with Crippen molar-refractivity contribution in [2.24, 2.45) is 5.92 Å². The van der Waals surface area contributed by atoms with Crippen LogP contribution in [0.2, 0.25) is 0 Å². The van der Waals surface area contributed by atoms with Crippen molar-refractivity contribution in [3.05, 3.63) is 12.8 Å². The molecule has 1 atom stereocenters. The summed E-state index contributed by atoms with van der Waals surface area (Å²) in [7, 11) is 0. The molecular formula is C55H108O5S. The quantitative estimate of drug-likeness (QED) is 0.0263. The highest BCUT2D eigenvalue weighted by atomic mass is 32.2. The van der Waals surface area contributed by atoms with Gasteiger partial charge in [-0.2, -0.15) is 0 Å². The van der Waals surface area contributed by atoms with Gasteiger partial charge in [0.05, 0.1) is 26.1 Å². The van der Waals surface area contributed by atoms with Gasteiger partial charge in [-0.3, -0.25) is 0 Å². The minimum absolute atomic E-state index is 0.128. The second kappa shape index (κ2) is 50.4. The molecule has 0 aromatic rings. The van der Waals surface area contributed by atoms with E-state index in [-0.39, 0.29) is 11.2 Å². The lowest BCUT2D eigenvalue weighted by molar-refractivity contribution is -0.407. The summed E-state index contributed by atoms with van der Waals surface area (Å²) in [6.07, 6.45) is 55.2. The molecule has 61 heavy (non-hydrogen) atoms. The topological polar surface area (TPSA) is 54.0 Å². The first-order valence-electron chi connectivity index (χ1n) is 27.5. The van der Waals surface area contributed by atoms with Gasteiger partial charge in [-0.05, 0) is 50.3 Å². The Morgan fingerprint density at radius 3 is 0.967 bits per heavy atom. The van der Waals surface area contributed by atoms with Crippen LogP contribution in [0.3, 0.4) is 0 Å². The lowest BCUT2D eigenvalue weighted by atomic mass is 9.93. The number of hydrogen-bond acceptors (Lipinski definition) is 6. The predicted octanol–water partition coefficient (Wildman–Crippen LogP) is 19.8. The Kier molecular flexibility index (Phi) is 50.0. The Labute approximate surface area is 386 Å². The van der Waals surface area contributed by atoms with E-state index in [9.17, 15) is 4.79 Å². The van der Waals surface area contributed by atoms with Gasteiger partial charge in [-0.25, -0.2) is 4.79 Å². The van der Waals surface area contributed by atoms with Gasteiger partial charge in [0.25, 0.3) is 5.97 Å². The van der Waals surface area contributed by atoms with Crippen LogP contribution in [0, 0.1) is 5.92 Å². The summed E-state index contributed by atoms with van der Waals surface area (Å²) in [4.78, 5) is 12.2. The maximum Gasteiger partial charge on any atom is 0.372 e. The Morgan fingerprint density at radius 2 is 0.672 bits per heavy atom. The van der Waals surface area contributed by atoms with Gasteiger partial charge in [-0.15, -0.1) is 0 Å². The highest BCUT2D eigenvalue weighted by Gasteiger charge is 2.42. The zero-order valence-corrected chi connectivity index (χ0v) is 42.7. The fraction of sp³-hybridized carbons (Fsp3) is 0.945. The van der Waals surface area contributed by atoms with Crippen molar-refractivity contribution in [1.82, 2.24) is 0 Å². The van der Waals surface area contributed by atoms with Crippen LogP contribution in [0.15, 0.2) is 12.8 Å². The number of carbonyl (C=O) groups excluding carboxylic acids is 1. The second-order valence-electron chi connectivity index (χ2n) is 18.5. The molecule has 0 aliphatic carbocycles. The summed E-state index contributed by atoms with van der Waals surface area (Å²) in [6, 6.07) is 0. The summed E-state index contributed by atoms with van der Waals surface area (Å²) < 4.78 is 26.1. The van der Waals surface area contributed by atoms with Crippen LogP contribution in [0.25, 0.3) is 0 Å². The molecule has 0 amide bonds. The molecule has 0 bridgehead atoms. The third-order valence-corrected chi connectivity index (χ3v) is 13.5. The minimum atomic E-state index is -1.02. The normalized spacial score (nSPS) is 12.3. The smallest absolute Gasteiger partial charge is 0.372 e. The van der Waals surface area contributed by atoms with Crippen molar-refractivity contribution in [3.63, 3.8) is 0 Å². The van der Waals surface area contributed by atoms with Crippen LogP contribution >= 0.6 is 11.8 Å². The largest absolute Gasteiger partial charge is 0.427 e. The molecule has 0 rings (SSSR count). The van der Waals surface area contributed by atoms with Crippen LogP contribution in [-0.4, -0.2) is 36.8 Å². The molecule has 364 valence electrons. The Bertz CT molecular complexity index is 798. The number of carbonyl (C=O) groups is 1. The van der Waals surface area contributed by atoms with Gasteiger partial charge in [0.2, 0.25) is 0 Å². The van der Waals surface area contributed by atoms with E-state index in [0.29, 0.717) is 25.6 Å². The zero-order valence-electron chi connectivity index (χ0n) is 41.8. The third-order valence-electron chi connectivity index (χ3n) is 12.7. The lowest BCUT2D eigenvalue weighted by Gasteiger charge is -2.40. The van der Waals surface area contributed by atoms with Crippen molar-refractivity contribution in [1.29, 1.82) is 0 Å². The SMILES string of the molecule is C=COC(=O)SCCCC(CCCCCCCC)C(OCCCCCCCCCCCCC)(OCCCCCCCCCCCCC)OCCCCCCCCCCCCC. The number of thioether (sulfide) groups is 1. The highest BCUT2D eigenvalue weighted by Crippen LogP contribution is 2.36. The molecular weight excluding hydrogens is 773 g/mol. The fourth-order valence-corrected chi connectivity index (χ4v) is 9.29. The highest BCUT2D eigenvalue weighted by molar-refractivity contribution is 8.13. The van der Waals surface area contributed by atoms with Crippen molar-refractivity contribution in [2.45, 2.75) is 303 Å². The fourth-order valence-electron chi connectivity index (χ4n) is 8.68. The van der Waals surface area contributed by atoms with Crippen molar-refractivity contribution >= 4 is 17.1 Å². The number of hydrogen-bond donors (Lipinski definition) is 0. The second-order valence-corrected chi connectivity index (χ2v) is 19.6. The van der Waals surface area contributed by atoms with Gasteiger partial charge in [-0.1, -0.05) is 265 Å². The molecule has 5 nitrogen and oxygen atoms in total. The van der Waals surface area contributed by atoms with Crippen LogP contribution in [0.1, 0.15) is 297 Å². The van der Waals surface area contributed by atoms with Crippen LogP contribution < -0.4 is 0 Å². The van der Waals surface area contributed by atoms with E-state index in [4.69, 9.17) is 18.9 Å². The predicted molar refractivity (Wildman–Crippen MR) is 270 cm³/mol. The summed E-state index contributed by atoms with van der Waals surface area (Å²) in [6.45, 7) is 14.8. The molecule has 0 aromatic heterocycles. The summed E-state index contributed by atoms with van der Waals surface area (Å²) in [5, 5.41) is -0.276. The first kappa shape index (κ1) is 60.4. The Balaban J connectivity index is 5.69. The molecule has 0 spiro atoms. The average molecular weight is 882 g/mol. The molecule has 0 N–H and O–H groups in total. The first-order valence-corrected chi connectivity index (χ1v) is 28.4. The molecule has 6 heteroatoms. The standard InChI is InChI=1S/C55H108O5S/c1-6-11-15-19-23-26-29-32-35-39-43-49-58-55(59-50-44-40-36-33-30-27-24-20-16-12-7-2,60-51-45-41-37-34-31-28-25-21-17-13-8-3)53(47-42-38-22-18-14-9-4)48-46-52-61-54(56)57-10-5/h10,53H,5-9,11-52H2,1-4H3. The number of unbranched alkanes of at least 4 members (excludes halogenated alkanes) is 35. The van der Waals surface area contributed by atoms with Crippen LogP contribution in [0.5, 0.6) is 0 Å². The van der Waals surface area contributed by atoms with Crippen LogP contribution in [-0.2, 0) is 18.9 Å². The van der Waals surface area contributed by atoms with E-state index in [1.54, 1.807) is 0 Å². The van der Waals surface area contributed by atoms with Gasteiger partial charge in [0.1, 0.15) is 0 Å².